The Morgan fingerprint density at radius 3 is 2.44 bits per heavy atom. The Morgan fingerprint density at radius 1 is 1.44 bits per heavy atom. The molecule has 0 spiro atoms. The molecule has 1 saturated carbocycles. The minimum atomic E-state index is -0.148. The van der Waals surface area contributed by atoms with Crippen LogP contribution in [-0.2, 0) is 4.79 Å². The highest BCUT2D eigenvalue weighted by atomic mass is 16.2. The number of rotatable bonds is 5. The molecule has 0 bridgehead atoms. The standard InChI is InChI=1S/C12H25N3O/c1-12(2,3)14-11(16)9-15(8-7-13)10-5-4-6-10/h10H,4-9,13H2,1-3H3,(H,14,16). The molecule has 4 nitrogen and oxygen atoms in total. The van der Waals surface area contributed by atoms with E-state index in [1.165, 1.54) is 19.3 Å². The summed E-state index contributed by atoms with van der Waals surface area (Å²) in [7, 11) is 0. The molecular formula is C12H25N3O. The van der Waals surface area contributed by atoms with Crippen LogP contribution in [0.2, 0.25) is 0 Å². The van der Waals surface area contributed by atoms with Gasteiger partial charge >= 0.3 is 0 Å². The molecule has 0 aromatic rings. The molecule has 4 heteroatoms. The van der Waals surface area contributed by atoms with E-state index in [0.717, 1.165) is 6.54 Å². The molecule has 0 unspecified atom stereocenters. The van der Waals surface area contributed by atoms with Crippen molar-refractivity contribution in [3.05, 3.63) is 0 Å². The number of hydrogen-bond donors (Lipinski definition) is 2. The van der Waals surface area contributed by atoms with Crippen LogP contribution < -0.4 is 11.1 Å². The largest absolute Gasteiger partial charge is 0.350 e. The number of amides is 1. The third-order valence-corrected chi connectivity index (χ3v) is 2.87. The Kier molecular flexibility index (Phi) is 4.74. The number of nitrogens with two attached hydrogens (primary N) is 1. The van der Waals surface area contributed by atoms with E-state index in [-0.39, 0.29) is 11.4 Å². The molecule has 0 radical (unpaired) electrons. The van der Waals surface area contributed by atoms with Gasteiger partial charge in [-0.1, -0.05) is 6.42 Å². The molecule has 1 amide bonds. The van der Waals surface area contributed by atoms with Crippen LogP contribution in [0.15, 0.2) is 0 Å². The highest BCUT2D eigenvalue weighted by molar-refractivity contribution is 5.78. The lowest BCUT2D eigenvalue weighted by Gasteiger charge is -2.37. The number of carbonyl (C=O) groups is 1. The quantitative estimate of drug-likeness (QED) is 0.727. The highest BCUT2D eigenvalue weighted by Crippen LogP contribution is 2.24. The first-order valence-electron chi connectivity index (χ1n) is 6.17. The van der Waals surface area contributed by atoms with E-state index >= 15 is 0 Å². The molecule has 0 aliphatic heterocycles. The molecule has 3 N–H and O–H groups in total. The van der Waals surface area contributed by atoms with Crippen LogP contribution >= 0.6 is 0 Å². The van der Waals surface area contributed by atoms with E-state index in [1.54, 1.807) is 0 Å². The van der Waals surface area contributed by atoms with Crippen LogP contribution in [-0.4, -0.2) is 42.0 Å². The van der Waals surface area contributed by atoms with Gasteiger partial charge in [0.2, 0.25) is 5.91 Å². The van der Waals surface area contributed by atoms with Crippen LogP contribution in [0, 0.1) is 0 Å². The minimum Gasteiger partial charge on any atom is -0.350 e. The fraction of sp³-hybridized carbons (Fsp3) is 0.917. The summed E-state index contributed by atoms with van der Waals surface area (Å²) >= 11 is 0. The van der Waals surface area contributed by atoms with Gasteiger partial charge in [0, 0.05) is 24.7 Å². The molecule has 0 atom stereocenters. The van der Waals surface area contributed by atoms with Gasteiger partial charge in [-0.25, -0.2) is 0 Å². The normalized spacial score (nSPS) is 17.3. The van der Waals surface area contributed by atoms with E-state index in [0.29, 0.717) is 19.1 Å². The van der Waals surface area contributed by atoms with Crippen molar-refractivity contribution in [3.63, 3.8) is 0 Å². The van der Waals surface area contributed by atoms with Crippen molar-refractivity contribution in [3.8, 4) is 0 Å². The Labute approximate surface area is 98.6 Å². The molecule has 94 valence electrons. The van der Waals surface area contributed by atoms with Crippen LogP contribution in [0.4, 0.5) is 0 Å². The smallest absolute Gasteiger partial charge is 0.234 e. The summed E-state index contributed by atoms with van der Waals surface area (Å²) in [5.74, 6) is 0.104. The molecule has 0 heterocycles. The first-order valence-corrected chi connectivity index (χ1v) is 6.17. The molecule has 1 aliphatic carbocycles. The average molecular weight is 227 g/mol. The molecule has 0 aromatic heterocycles. The summed E-state index contributed by atoms with van der Waals surface area (Å²) < 4.78 is 0. The SMILES string of the molecule is CC(C)(C)NC(=O)CN(CCN)C1CCC1. The number of carbonyl (C=O) groups excluding carboxylic acids is 1. The van der Waals surface area contributed by atoms with E-state index < -0.39 is 0 Å². The lowest BCUT2D eigenvalue weighted by atomic mass is 9.91. The summed E-state index contributed by atoms with van der Waals surface area (Å²) in [6, 6.07) is 0.578. The summed E-state index contributed by atoms with van der Waals surface area (Å²) in [5, 5.41) is 2.99. The summed E-state index contributed by atoms with van der Waals surface area (Å²) in [4.78, 5) is 14.0. The Balaban J connectivity index is 2.38. The maximum Gasteiger partial charge on any atom is 0.234 e. The molecule has 0 saturated heterocycles. The van der Waals surface area contributed by atoms with Crippen LogP contribution in [0.5, 0.6) is 0 Å². The fourth-order valence-corrected chi connectivity index (χ4v) is 1.95. The summed E-state index contributed by atoms with van der Waals surface area (Å²) in [5.41, 5.74) is 5.43. The van der Waals surface area contributed by atoms with Crippen molar-refractivity contribution >= 4 is 5.91 Å². The number of nitrogens with zero attached hydrogens (tertiary/aromatic N) is 1. The zero-order valence-corrected chi connectivity index (χ0v) is 10.8. The van der Waals surface area contributed by atoms with E-state index in [4.69, 9.17) is 5.73 Å². The van der Waals surface area contributed by atoms with Gasteiger partial charge in [-0.3, -0.25) is 9.69 Å². The second-order valence-corrected chi connectivity index (χ2v) is 5.64. The minimum absolute atomic E-state index is 0.104. The second-order valence-electron chi connectivity index (χ2n) is 5.64. The van der Waals surface area contributed by atoms with Gasteiger partial charge in [-0.05, 0) is 33.6 Å². The number of nitrogens with one attached hydrogen (secondary N) is 1. The van der Waals surface area contributed by atoms with Gasteiger partial charge in [-0.15, -0.1) is 0 Å². The molecule has 16 heavy (non-hydrogen) atoms. The monoisotopic (exact) mass is 227 g/mol. The second kappa shape index (κ2) is 5.64. The van der Waals surface area contributed by atoms with Crippen molar-refractivity contribution < 1.29 is 4.79 Å². The first-order chi connectivity index (χ1) is 7.42. The van der Waals surface area contributed by atoms with Crippen molar-refractivity contribution in [2.45, 2.75) is 51.6 Å². The van der Waals surface area contributed by atoms with Crippen LogP contribution in [0.1, 0.15) is 40.0 Å². The predicted molar refractivity (Wildman–Crippen MR) is 66.2 cm³/mol. The lowest BCUT2D eigenvalue weighted by molar-refractivity contribution is -0.124. The summed E-state index contributed by atoms with van der Waals surface area (Å²) in [6.07, 6.45) is 3.71. The van der Waals surface area contributed by atoms with Crippen molar-refractivity contribution in [1.29, 1.82) is 0 Å². The average Bonchev–Trinajstić information content (AvgIpc) is 1.96. The highest BCUT2D eigenvalue weighted by Gasteiger charge is 2.26. The Bertz CT molecular complexity index is 231. The Hall–Kier alpha value is -0.610. The van der Waals surface area contributed by atoms with Crippen molar-refractivity contribution in [2.75, 3.05) is 19.6 Å². The van der Waals surface area contributed by atoms with Crippen LogP contribution in [0.25, 0.3) is 0 Å². The lowest BCUT2D eigenvalue weighted by Crippen LogP contribution is -2.51. The Morgan fingerprint density at radius 2 is 2.06 bits per heavy atom. The molecule has 1 aliphatic rings. The van der Waals surface area contributed by atoms with E-state index in [2.05, 4.69) is 10.2 Å². The maximum absolute atomic E-state index is 11.8. The van der Waals surface area contributed by atoms with Gasteiger partial charge < -0.3 is 11.1 Å². The third kappa shape index (κ3) is 4.49. The predicted octanol–water partition coefficient (Wildman–Crippen LogP) is 0.714. The van der Waals surface area contributed by atoms with Gasteiger partial charge in [0.25, 0.3) is 0 Å². The molecular weight excluding hydrogens is 202 g/mol. The van der Waals surface area contributed by atoms with Gasteiger partial charge in [-0.2, -0.15) is 0 Å². The van der Waals surface area contributed by atoms with Crippen molar-refractivity contribution in [2.24, 2.45) is 5.73 Å². The summed E-state index contributed by atoms with van der Waals surface area (Å²) in [6.45, 7) is 7.94. The van der Waals surface area contributed by atoms with E-state index in [1.807, 2.05) is 20.8 Å². The zero-order chi connectivity index (χ0) is 12.2. The zero-order valence-electron chi connectivity index (χ0n) is 10.8. The van der Waals surface area contributed by atoms with Gasteiger partial charge in [0.15, 0.2) is 0 Å². The van der Waals surface area contributed by atoms with Crippen LogP contribution in [0.3, 0.4) is 0 Å². The molecule has 1 fully saturated rings. The molecule has 0 aromatic carbocycles. The fourth-order valence-electron chi connectivity index (χ4n) is 1.95. The molecule has 1 rings (SSSR count). The number of hydrogen-bond acceptors (Lipinski definition) is 3. The van der Waals surface area contributed by atoms with Gasteiger partial charge in [0.1, 0.15) is 0 Å². The van der Waals surface area contributed by atoms with E-state index in [9.17, 15) is 4.79 Å². The third-order valence-electron chi connectivity index (χ3n) is 2.87. The van der Waals surface area contributed by atoms with Crippen molar-refractivity contribution in [1.82, 2.24) is 10.2 Å². The first kappa shape index (κ1) is 13.5. The topological polar surface area (TPSA) is 58.4 Å². The van der Waals surface area contributed by atoms with Gasteiger partial charge in [0.05, 0.1) is 6.54 Å². The maximum atomic E-state index is 11.8.